The zero-order valence-corrected chi connectivity index (χ0v) is 11.5. The first-order chi connectivity index (χ1) is 7.81. The smallest absolute Gasteiger partial charge is 0.0141 e. The molecule has 0 aromatic heterocycles. The monoisotopic (exact) mass is 253 g/mol. The number of rotatable bonds is 5. The van der Waals surface area contributed by atoms with Crippen LogP contribution in [0.15, 0.2) is 29.2 Å². The molecule has 2 rings (SSSR count). The third-order valence-electron chi connectivity index (χ3n) is 3.02. The Kier molecular flexibility index (Phi) is 4.62. The molecule has 0 amide bonds. The van der Waals surface area contributed by atoms with Crippen LogP contribution in [0.1, 0.15) is 18.4 Å². The molecular weight excluding hydrogens is 234 g/mol. The highest BCUT2D eigenvalue weighted by atomic mass is 32.2. The minimum atomic E-state index is 0.704. The van der Waals surface area contributed by atoms with E-state index < -0.39 is 0 Å². The Morgan fingerprint density at radius 3 is 3.12 bits per heavy atom. The Hall–Kier alpha value is -0.120. The Morgan fingerprint density at radius 2 is 2.31 bits per heavy atom. The van der Waals surface area contributed by atoms with Gasteiger partial charge in [0.15, 0.2) is 0 Å². The van der Waals surface area contributed by atoms with Crippen molar-refractivity contribution in [2.75, 3.05) is 25.1 Å². The number of nitrogens with one attached hydrogen (secondary N) is 1. The molecule has 0 radical (unpaired) electrons. The molecule has 2 unspecified atom stereocenters. The van der Waals surface area contributed by atoms with Crippen molar-refractivity contribution in [2.24, 2.45) is 0 Å². The van der Waals surface area contributed by atoms with Gasteiger partial charge in [-0.1, -0.05) is 25.1 Å². The molecule has 1 aromatic rings. The van der Waals surface area contributed by atoms with Crippen LogP contribution in [0.4, 0.5) is 0 Å². The van der Waals surface area contributed by atoms with E-state index in [0.29, 0.717) is 11.2 Å². The fourth-order valence-electron chi connectivity index (χ4n) is 1.94. The summed E-state index contributed by atoms with van der Waals surface area (Å²) in [7, 11) is 0. The van der Waals surface area contributed by atoms with Gasteiger partial charge in [-0.25, -0.2) is 0 Å². The van der Waals surface area contributed by atoms with Crippen LogP contribution in [0.3, 0.4) is 0 Å². The maximum atomic E-state index is 3.58. The molecule has 0 spiro atoms. The summed E-state index contributed by atoms with van der Waals surface area (Å²) in [5, 5.41) is 4.30. The molecule has 2 atom stereocenters. The standard InChI is InChI=1S/C13H19NS2/c1-10(15-2)7-14-8-11-9-16-13-6-4-3-5-12(11)13/h3-6,10-11,14H,7-9H2,1-2H3. The van der Waals surface area contributed by atoms with Crippen LogP contribution in [0.5, 0.6) is 0 Å². The van der Waals surface area contributed by atoms with Gasteiger partial charge in [0.1, 0.15) is 0 Å². The fourth-order valence-corrected chi connectivity index (χ4v) is 3.48. The molecule has 0 saturated heterocycles. The average Bonchev–Trinajstić information content (AvgIpc) is 2.73. The van der Waals surface area contributed by atoms with Crippen LogP contribution in [0.25, 0.3) is 0 Å². The molecule has 0 fully saturated rings. The number of thioether (sulfide) groups is 2. The van der Waals surface area contributed by atoms with Gasteiger partial charge in [0.25, 0.3) is 0 Å². The highest BCUT2D eigenvalue weighted by molar-refractivity contribution is 7.99. The molecule has 0 bridgehead atoms. The summed E-state index contributed by atoms with van der Waals surface area (Å²) in [5.41, 5.74) is 1.54. The third-order valence-corrected chi connectivity index (χ3v) is 5.25. The first-order valence-corrected chi connectivity index (χ1v) is 8.04. The second-order valence-electron chi connectivity index (χ2n) is 4.25. The lowest BCUT2D eigenvalue weighted by Gasteiger charge is -2.14. The predicted molar refractivity (Wildman–Crippen MR) is 75.8 cm³/mol. The summed E-state index contributed by atoms with van der Waals surface area (Å²) in [5.74, 6) is 1.94. The van der Waals surface area contributed by atoms with Gasteiger partial charge in [0.05, 0.1) is 0 Å². The topological polar surface area (TPSA) is 12.0 Å². The summed E-state index contributed by atoms with van der Waals surface area (Å²) in [4.78, 5) is 1.48. The first kappa shape index (κ1) is 12.3. The van der Waals surface area contributed by atoms with E-state index in [1.54, 1.807) is 0 Å². The van der Waals surface area contributed by atoms with E-state index in [9.17, 15) is 0 Å². The molecular formula is C13H19NS2. The first-order valence-electron chi connectivity index (χ1n) is 5.76. The van der Waals surface area contributed by atoms with E-state index in [1.165, 1.54) is 16.2 Å². The van der Waals surface area contributed by atoms with Crippen molar-refractivity contribution < 1.29 is 0 Å². The summed E-state index contributed by atoms with van der Waals surface area (Å²) < 4.78 is 0. The third kappa shape index (κ3) is 2.96. The van der Waals surface area contributed by atoms with Gasteiger partial charge in [0, 0.05) is 34.9 Å². The summed E-state index contributed by atoms with van der Waals surface area (Å²) in [6, 6.07) is 8.81. The number of fused-ring (bicyclic) bond motifs is 1. The lowest BCUT2D eigenvalue weighted by atomic mass is 10.0. The van der Waals surface area contributed by atoms with E-state index in [0.717, 1.165) is 13.1 Å². The van der Waals surface area contributed by atoms with Crippen LogP contribution < -0.4 is 5.32 Å². The number of benzene rings is 1. The van der Waals surface area contributed by atoms with Gasteiger partial charge >= 0.3 is 0 Å². The second-order valence-corrected chi connectivity index (χ2v) is 6.59. The molecule has 3 heteroatoms. The van der Waals surface area contributed by atoms with Crippen LogP contribution >= 0.6 is 23.5 Å². The zero-order chi connectivity index (χ0) is 11.4. The average molecular weight is 253 g/mol. The Morgan fingerprint density at radius 1 is 1.50 bits per heavy atom. The minimum absolute atomic E-state index is 0.704. The Balaban J connectivity index is 1.84. The molecule has 1 aliphatic heterocycles. The molecule has 1 nitrogen and oxygen atoms in total. The Labute approximate surface area is 107 Å². The van der Waals surface area contributed by atoms with Gasteiger partial charge in [-0.2, -0.15) is 11.8 Å². The maximum absolute atomic E-state index is 3.58. The molecule has 1 heterocycles. The highest BCUT2D eigenvalue weighted by Crippen LogP contribution is 2.38. The van der Waals surface area contributed by atoms with Crippen molar-refractivity contribution in [2.45, 2.75) is 23.0 Å². The Bertz CT molecular complexity index is 340. The molecule has 88 valence electrons. The number of hydrogen-bond donors (Lipinski definition) is 1. The van der Waals surface area contributed by atoms with E-state index in [4.69, 9.17) is 0 Å². The maximum Gasteiger partial charge on any atom is 0.0141 e. The van der Waals surface area contributed by atoms with Crippen LogP contribution in [-0.2, 0) is 0 Å². The fraction of sp³-hybridized carbons (Fsp3) is 0.538. The van der Waals surface area contributed by atoms with E-state index >= 15 is 0 Å². The molecule has 16 heavy (non-hydrogen) atoms. The van der Waals surface area contributed by atoms with Crippen molar-refractivity contribution in [3.05, 3.63) is 29.8 Å². The molecule has 0 saturated carbocycles. The van der Waals surface area contributed by atoms with Crippen molar-refractivity contribution >= 4 is 23.5 Å². The normalized spacial score (nSPS) is 20.8. The van der Waals surface area contributed by atoms with Crippen LogP contribution in [0.2, 0.25) is 0 Å². The molecule has 1 aliphatic rings. The largest absolute Gasteiger partial charge is 0.315 e. The van der Waals surface area contributed by atoms with Gasteiger partial charge in [0.2, 0.25) is 0 Å². The van der Waals surface area contributed by atoms with E-state index in [1.807, 2.05) is 23.5 Å². The lowest BCUT2D eigenvalue weighted by Crippen LogP contribution is -2.27. The SMILES string of the molecule is CSC(C)CNCC1CSc2ccccc21. The quantitative estimate of drug-likeness (QED) is 0.865. The molecule has 0 aliphatic carbocycles. The van der Waals surface area contributed by atoms with Gasteiger partial charge in [-0.05, 0) is 17.9 Å². The summed E-state index contributed by atoms with van der Waals surface area (Å²) in [6.45, 7) is 4.51. The second kappa shape index (κ2) is 5.99. The van der Waals surface area contributed by atoms with Gasteiger partial charge in [-0.3, -0.25) is 0 Å². The van der Waals surface area contributed by atoms with Gasteiger partial charge < -0.3 is 5.32 Å². The van der Waals surface area contributed by atoms with Crippen LogP contribution in [0, 0.1) is 0 Å². The van der Waals surface area contributed by atoms with Crippen molar-refractivity contribution in [1.29, 1.82) is 0 Å². The van der Waals surface area contributed by atoms with E-state index in [-0.39, 0.29) is 0 Å². The van der Waals surface area contributed by atoms with Crippen LogP contribution in [-0.4, -0.2) is 30.3 Å². The zero-order valence-electron chi connectivity index (χ0n) is 9.90. The van der Waals surface area contributed by atoms with E-state index in [2.05, 4.69) is 42.8 Å². The number of hydrogen-bond acceptors (Lipinski definition) is 3. The summed E-state index contributed by atoms with van der Waals surface area (Å²) >= 11 is 3.92. The minimum Gasteiger partial charge on any atom is -0.315 e. The summed E-state index contributed by atoms with van der Waals surface area (Å²) in [6.07, 6.45) is 2.17. The van der Waals surface area contributed by atoms with Crippen molar-refractivity contribution in [1.82, 2.24) is 5.32 Å². The molecule has 1 N–H and O–H groups in total. The lowest BCUT2D eigenvalue weighted by molar-refractivity contribution is 0.620. The van der Waals surface area contributed by atoms with Crippen molar-refractivity contribution in [3.63, 3.8) is 0 Å². The molecule has 1 aromatic carbocycles. The predicted octanol–water partition coefficient (Wildman–Crippen LogP) is 3.22. The van der Waals surface area contributed by atoms with Gasteiger partial charge in [-0.15, -0.1) is 11.8 Å². The van der Waals surface area contributed by atoms with Crippen molar-refractivity contribution in [3.8, 4) is 0 Å². The highest BCUT2D eigenvalue weighted by Gasteiger charge is 2.21.